The number of halogens is 1. The molecule has 0 fully saturated rings. The highest BCUT2D eigenvalue weighted by Gasteiger charge is 2.11. The third-order valence-corrected chi connectivity index (χ3v) is 2.57. The number of sulfone groups is 1. The molecule has 0 heterocycles. The normalized spacial score (nSPS) is 9.88. The molecular weight excluding hydrogens is 258 g/mol. The monoisotopic (exact) mass is 265 g/mol. The van der Waals surface area contributed by atoms with Crippen LogP contribution in [0.15, 0.2) is 29.2 Å². The van der Waals surface area contributed by atoms with Crippen LogP contribution in [0.2, 0.25) is 0 Å². The number of benzene rings is 1. The molecule has 1 aromatic rings. The van der Waals surface area contributed by atoms with Crippen molar-refractivity contribution < 1.29 is 18.1 Å². The van der Waals surface area contributed by atoms with Gasteiger partial charge in [-0.05, 0) is 17.7 Å². The smallest absolute Gasteiger partial charge is 0.270 e. The van der Waals surface area contributed by atoms with Crippen LogP contribution in [0.5, 0.6) is 0 Å². The van der Waals surface area contributed by atoms with Gasteiger partial charge in [-0.1, -0.05) is 6.07 Å². The van der Waals surface area contributed by atoms with Gasteiger partial charge in [0.1, 0.15) is 0 Å². The Balaban J connectivity index is 0.000000673. The average Bonchev–Trinajstić information content (AvgIpc) is 2.18. The molecule has 0 saturated heterocycles. The highest BCUT2D eigenvalue weighted by molar-refractivity contribution is 7.90. The standard InChI is InChI=1S/C7H7NO4S.CHClO/c1-13(11,12)7-4-2-3-6(5-7)8(9)10;2-1-3/h2-5H,1H3;1H. The molecule has 0 atom stereocenters. The Morgan fingerprint density at radius 2 is 1.94 bits per heavy atom. The SMILES string of the molecule is CS(=O)(=O)c1cccc([N+](=O)[O-])c1.O=CCl. The molecule has 0 aromatic heterocycles. The quantitative estimate of drug-likeness (QED) is 0.349. The maximum Gasteiger partial charge on any atom is 0.270 e. The van der Waals surface area contributed by atoms with Gasteiger partial charge in [0.05, 0.1) is 9.82 Å². The molecule has 1 aromatic carbocycles. The van der Waals surface area contributed by atoms with E-state index in [0.29, 0.717) is 0 Å². The zero-order valence-corrected chi connectivity index (χ0v) is 9.73. The van der Waals surface area contributed by atoms with Crippen LogP contribution in [-0.4, -0.2) is 25.3 Å². The van der Waals surface area contributed by atoms with E-state index < -0.39 is 14.8 Å². The van der Waals surface area contributed by atoms with Gasteiger partial charge in [0.2, 0.25) is 5.75 Å². The van der Waals surface area contributed by atoms with Crippen LogP contribution in [0.3, 0.4) is 0 Å². The van der Waals surface area contributed by atoms with Gasteiger partial charge in [0.15, 0.2) is 9.84 Å². The Morgan fingerprint density at radius 1 is 1.44 bits per heavy atom. The Kier molecular flexibility index (Phi) is 5.62. The van der Waals surface area contributed by atoms with Crippen molar-refractivity contribution in [3.8, 4) is 0 Å². The van der Waals surface area contributed by atoms with Crippen molar-refractivity contribution in [2.75, 3.05) is 6.26 Å². The number of carbonyl (C=O) groups excluding carboxylic acids is 1. The summed E-state index contributed by atoms with van der Waals surface area (Å²) in [6, 6.07) is 4.95. The molecule has 0 aliphatic carbocycles. The van der Waals surface area contributed by atoms with Gasteiger partial charge in [-0.25, -0.2) is 8.42 Å². The van der Waals surface area contributed by atoms with Crippen molar-refractivity contribution in [2.24, 2.45) is 0 Å². The van der Waals surface area contributed by atoms with Gasteiger partial charge in [-0.2, -0.15) is 0 Å². The van der Waals surface area contributed by atoms with Crippen LogP contribution in [0, 0.1) is 10.1 Å². The van der Waals surface area contributed by atoms with Gasteiger partial charge in [-0.15, -0.1) is 0 Å². The van der Waals surface area contributed by atoms with Gasteiger partial charge >= 0.3 is 0 Å². The molecule has 1 rings (SSSR count). The number of rotatable bonds is 2. The number of carbonyl (C=O) groups is 1. The fourth-order valence-electron chi connectivity index (χ4n) is 0.828. The third kappa shape index (κ3) is 4.85. The fourth-order valence-corrected chi connectivity index (χ4v) is 1.49. The molecule has 0 radical (unpaired) electrons. The van der Waals surface area contributed by atoms with E-state index in [4.69, 9.17) is 4.79 Å². The number of nitro benzene ring substituents is 1. The van der Waals surface area contributed by atoms with E-state index in [0.717, 1.165) is 12.3 Å². The molecule has 0 amide bonds. The molecule has 0 N–H and O–H groups in total. The van der Waals surface area contributed by atoms with Gasteiger partial charge in [0.25, 0.3) is 5.69 Å². The van der Waals surface area contributed by atoms with Gasteiger partial charge in [0, 0.05) is 18.4 Å². The zero-order valence-electron chi connectivity index (χ0n) is 8.16. The van der Waals surface area contributed by atoms with Gasteiger partial charge < -0.3 is 0 Å². The summed E-state index contributed by atoms with van der Waals surface area (Å²) in [5, 5.41) is 10.3. The first kappa shape index (κ1) is 14.5. The topological polar surface area (TPSA) is 94.3 Å². The number of non-ortho nitro benzene ring substituents is 1. The van der Waals surface area contributed by atoms with Crippen molar-refractivity contribution in [1.29, 1.82) is 0 Å². The maximum absolute atomic E-state index is 11.0. The summed E-state index contributed by atoms with van der Waals surface area (Å²) in [6.45, 7) is 0. The summed E-state index contributed by atoms with van der Waals surface area (Å²) >= 11 is 4.32. The van der Waals surface area contributed by atoms with E-state index in [9.17, 15) is 18.5 Å². The van der Waals surface area contributed by atoms with Crippen molar-refractivity contribution >= 4 is 32.9 Å². The van der Waals surface area contributed by atoms with Gasteiger partial charge in [-0.3, -0.25) is 14.9 Å². The summed E-state index contributed by atoms with van der Waals surface area (Å²) < 4.78 is 22.0. The second kappa shape index (κ2) is 6.19. The highest BCUT2D eigenvalue weighted by atomic mass is 35.5. The molecular formula is C8H8ClNO5S. The van der Waals surface area contributed by atoms with E-state index in [2.05, 4.69) is 11.6 Å². The Labute approximate surface area is 96.9 Å². The molecule has 8 heteroatoms. The van der Waals surface area contributed by atoms with E-state index >= 15 is 0 Å². The Hall–Kier alpha value is -1.47. The molecule has 0 spiro atoms. The van der Waals surface area contributed by atoms with Crippen molar-refractivity contribution in [1.82, 2.24) is 0 Å². The number of nitro groups is 1. The first-order valence-corrected chi connectivity index (χ1v) is 6.14. The molecule has 0 unspecified atom stereocenters. The first-order valence-electron chi connectivity index (χ1n) is 3.81. The van der Waals surface area contributed by atoms with Crippen LogP contribution in [0.4, 0.5) is 5.69 Å². The molecule has 0 aliphatic heterocycles. The highest BCUT2D eigenvalue weighted by Crippen LogP contribution is 2.16. The van der Waals surface area contributed by atoms with Crippen molar-refractivity contribution in [3.05, 3.63) is 34.4 Å². The maximum atomic E-state index is 11.0. The van der Waals surface area contributed by atoms with E-state index in [-0.39, 0.29) is 16.3 Å². The fraction of sp³-hybridized carbons (Fsp3) is 0.125. The minimum Gasteiger partial charge on any atom is -0.285 e. The van der Waals surface area contributed by atoms with Crippen LogP contribution in [-0.2, 0) is 14.6 Å². The second-order valence-corrected chi connectivity index (χ2v) is 4.81. The lowest BCUT2D eigenvalue weighted by Crippen LogP contribution is -1.97. The van der Waals surface area contributed by atoms with E-state index in [1.54, 1.807) is 0 Å². The lowest BCUT2D eigenvalue weighted by molar-refractivity contribution is -0.385. The zero-order chi connectivity index (χ0) is 12.8. The van der Waals surface area contributed by atoms with Crippen LogP contribution >= 0.6 is 11.6 Å². The number of nitrogens with zero attached hydrogens (tertiary/aromatic N) is 1. The van der Waals surface area contributed by atoms with Crippen molar-refractivity contribution in [2.45, 2.75) is 4.90 Å². The average molecular weight is 266 g/mol. The molecule has 0 aliphatic rings. The predicted molar refractivity (Wildman–Crippen MR) is 58.8 cm³/mol. The Morgan fingerprint density at radius 3 is 2.31 bits per heavy atom. The summed E-state index contributed by atoms with van der Waals surface area (Å²) in [7, 11) is -3.36. The Bertz CT molecular complexity index is 485. The largest absolute Gasteiger partial charge is 0.285 e. The summed E-state index contributed by atoms with van der Waals surface area (Å²) in [6.07, 6.45) is 1.01. The minimum absolute atomic E-state index is 0.0401. The third-order valence-electron chi connectivity index (χ3n) is 1.46. The molecule has 16 heavy (non-hydrogen) atoms. The number of hydrogen-bond donors (Lipinski definition) is 0. The minimum atomic E-state index is -3.36. The van der Waals surface area contributed by atoms with E-state index in [1.165, 1.54) is 18.2 Å². The summed E-state index contributed by atoms with van der Waals surface area (Å²) in [4.78, 5) is 18.2. The predicted octanol–water partition coefficient (Wildman–Crippen LogP) is 1.41. The molecule has 6 nitrogen and oxygen atoms in total. The van der Waals surface area contributed by atoms with Crippen LogP contribution in [0.25, 0.3) is 0 Å². The van der Waals surface area contributed by atoms with Crippen LogP contribution < -0.4 is 0 Å². The number of hydrogen-bond acceptors (Lipinski definition) is 5. The van der Waals surface area contributed by atoms with Crippen LogP contribution in [0.1, 0.15) is 0 Å². The molecule has 88 valence electrons. The lowest BCUT2D eigenvalue weighted by Gasteiger charge is -1.96. The summed E-state index contributed by atoms with van der Waals surface area (Å²) in [5.41, 5.74) is -0.220. The van der Waals surface area contributed by atoms with E-state index in [1.807, 2.05) is 0 Å². The lowest BCUT2D eigenvalue weighted by atomic mass is 10.3. The first-order chi connectivity index (χ1) is 7.32. The second-order valence-electron chi connectivity index (χ2n) is 2.62. The van der Waals surface area contributed by atoms with Crippen molar-refractivity contribution in [3.63, 3.8) is 0 Å². The molecule has 0 saturated carbocycles. The summed E-state index contributed by atoms with van der Waals surface area (Å²) in [5.74, 6) is 0.222. The molecule has 0 bridgehead atoms.